The highest BCUT2D eigenvalue weighted by molar-refractivity contribution is 7.14. The third kappa shape index (κ3) is 5.15. The predicted octanol–water partition coefficient (Wildman–Crippen LogP) is 0.600. The fraction of sp³-hybridized carbons (Fsp3) is 0.143. The molecule has 0 fully saturated rings. The second-order valence-corrected chi connectivity index (χ2v) is 5.21. The van der Waals surface area contributed by atoms with Gasteiger partial charge < -0.3 is 16.4 Å². The van der Waals surface area contributed by atoms with E-state index < -0.39 is 5.91 Å². The van der Waals surface area contributed by atoms with Crippen molar-refractivity contribution < 1.29 is 14.4 Å². The van der Waals surface area contributed by atoms with Gasteiger partial charge in [0, 0.05) is 18.1 Å². The summed E-state index contributed by atoms with van der Waals surface area (Å²) >= 11 is 1.11. The van der Waals surface area contributed by atoms with Gasteiger partial charge in [0.2, 0.25) is 5.91 Å². The van der Waals surface area contributed by atoms with E-state index in [0.29, 0.717) is 18.7 Å². The summed E-state index contributed by atoms with van der Waals surface area (Å²) in [5, 5.41) is 6.92. The second-order valence-electron chi connectivity index (χ2n) is 4.36. The van der Waals surface area contributed by atoms with Gasteiger partial charge in [-0.3, -0.25) is 19.4 Å². The molecule has 0 unspecified atom stereocenters. The summed E-state index contributed by atoms with van der Waals surface area (Å²) in [7, 11) is 0. The molecule has 0 aliphatic rings. The molecule has 0 aliphatic heterocycles. The molecule has 1 radical (unpaired) electrons. The number of hydrogen-bond acceptors (Lipinski definition) is 6. The molecule has 0 bridgehead atoms. The van der Waals surface area contributed by atoms with Gasteiger partial charge in [-0.05, 0) is 18.6 Å². The van der Waals surface area contributed by atoms with E-state index in [0.717, 1.165) is 11.3 Å². The smallest absolute Gasteiger partial charge is 0.269 e. The Morgan fingerprint density at radius 3 is 2.74 bits per heavy atom. The van der Waals surface area contributed by atoms with Crippen LogP contribution >= 0.6 is 11.3 Å². The van der Waals surface area contributed by atoms with Crippen molar-refractivity contribution >= 4 is 34.2 Å². The van der Waals surface area contributed by atoms with Crippen molar-refractivity contribution in [3.05, 3.63) is 47.6 Å². The van der Waals surface area contributed by atoms with Gasteiger partial charge >= 0.3 is 0 Å². The summed E-state index contributed by atoms with van der Waals surface area (Å²) in [4.78, 5) is 42.0. The number of nitrogens with one attached hydrogen (secondary N) is 2. The molecule has 119 valence electrons. The van der Waals surface area contributed by atoms with Crippen LogP contribution in [0.1, 0.15) is 27.4 Å². The predicted molar refractivity (Wildman–Crippen MR) is 84.7 cm³/mol. The van der Waals surface area contributed by atoms with Gasteiger partial charge in [-0.1, -0.05) is 6.07 Å². The second kappa shape index (κ2) is 7.99. The molecular weight excluding hydrogens is 318 g/mol. The van der Waals surface area contributed by atoms with E-state index >= 15 is 0 Å². The molecule has 2 aromatic rings. The summed E-state index contributed by atoms with van der Waals surface area (Å²) in [5.74, 6) is -1.32. The van der Waals surface area contributed by atoms with Crippen LogP contribution in [-0.2, 0) is 4.79 Å². The lowest BCUT2D eigenvalue weighted by molar-refractivity contribution is -0.113. The van der Waals surface area contributed by atoms with Crippen molar-refractivity contribution in [2.75, 3.05) is 11.9 Å². The Morgan fingerprint density at radius 2 is 2.09 bits per heavy atom. The molecule has 0 atom stereocenters. The molecule has 2 aromatic heterocycles. The lowest BCUT2D eigenvalue weighted by Crippen LogP contribution is -2.26. The van der Waals surface area contributed by atoms with Gasteiger partial charge in [-0.2, -0.15) is 0 Å². The van der Waals surface area contributed by atoms with Crippen LogP contribution in [0.15, 0.2) is 29.8 Å². The fourth-order valence-electron chi connectivity index (χ4n) is 1.58. The number of carbonyl (C=O) groups excluding carboxylic acids is 3. The number of nitrogens with zero attached hydrogens (tertiary/aromatic N) is 2. The highest BCUT2D eigenvalue weighted by Gasteiger charge is 2.10. The Balaban J connectivity index is 1.68. The quantitative estimate of drug-likeness (QED) is 0.640. The number of nitrogens with two attached hydrogens (primary N) is 1. The van der Waals surface area contributed by atoms with Gasteiger partial charge in [0.25, 0.3) is 11.8 Å². The number of carbonyl (C=O) groups is 3. The van der Waals surface area contributed by atoms with E-state index in [1.165, 1.54) is 18.0 Å². The standard InChI is InChI=1S/C14H14N5O3S/c15-12(21)10-8-23-14(18-10)19-11(20)5-3-7-17-13(22)9-4-1-2-6-16-9/h1-2,4-6,8H,3,7H2,(H2,15,21)(H,17,22)(H,18,19,20). The number of anilines is 1. The van der Waals surface area contributed by atoms with Crippen LogP contribution in [0.5, 0.6) is 0 Å². The summed E-state index contributed by atoms with van der Waals surface area (Å²) in [6, 6.07) is 5.04. The highest BCUT2D eigenvalue weighted by Crippen LogP contribution is 2.15. The molecular formula is C14H14N5O3S. The molecule has 8 nitrogen and oxygen atoms in total. The molecule has 0 spiro atoms. The fourth-order valence-corrected chi connectivity index (χ4v) is 2.28. The van der Waals surface area contributed by atoms with Crippen molar-refractivity contribution in [2.24, 2.45) is 5.73 Å². The van der Waals surface area contributed by atoms with E-state index in [4.69, 9.17) is 5.73 Å². The maximum Gasteiger partial charge on any atom is 0.269 e. The first kappa shape index (κ1) is 16.6. The minimum Gasteiger partial charge on any atom is -0.364 e. The first-order valence-corrected chi connectivity index (χ1v) is 7.53. The highest BCUT2D eigenvalue weighted by atomic mass is 32.1. The number of amides is 3. The summed E-state index contributed by atoms with van der Waals surface area (Å²) < 4.78 is 0. The van der Waals surface area contributed by atoms with E-state index in [2.05, 4.69) is 20.6 Å². The van der Waals surface area contributed by atoms with Crippen LogP contribution in [0.25, 0.3) is 0 Å². The average Bonchev–Trinajstić information content (AvgIpc) is 3.01. The Hall–Kier alpha value is -2.81. The summed E-state index contributed by atoms with van der Waals surface area (Å²) in [6.45, 7) is 0.299. The molecule has 0 aromatic carbocycles. The Bertz CT molecular complexity index is 701. The van der Waals surface area contributed by atoms with Crippen molar-refractivity contribution in [1.82, 2.24) is 15.3 Å². The van der Waals surface area contributed by atoms with Crippen LogP contribution in [0.3, 0.4) is 0 Å². The molecule has 0 saturated heterocycles. The van der Waals surface area contributed by atoms with Crippen LogP contribution in [0.4, 0.5) is 5.13 Å². The number of pyridine rings is 1. The SMILES string of the molecule is NC(=O)c1csc(NC(=O)[CH]CCNC(=O)c2ccccn2)n1. The zero-order valence-electron chi connectivity index (χ0n) is 12.0. The normalized spacial score (nSPS) is 10.1. The maximum absolute atomic E-state index is 11.7. The van der Waals surface area contributed by atoms with Gasteiger partial charge in [-0.15, -0.1) is 11.3 Å². The van der Waals surface area contributed by atoms with Gasteiger partial charge in [0.1, 0.15) is 11.4 Å². The first-order chi connectivity index (χ1) is 11.1. The van der Waals surface area contributed by atoms with E-state index in [9.17, 15) is 14.4 Å². The summed E-state index contributed by atoms with van der Waals surface area (Å²) in [5.41, 5.74) is 5.49. The Labute approximate surface area is 136 Å². The number of rotatable bonds is 7. The lowest BCUT2D eigenvalue weighted by Gasteiger charge is -2.04. The zero-order valence-corrected chi connectivity index (χ0v) is 12.8. The van der Waals surface area contributed by atoms with E-state index in [-0.39, 0.29) is 22.6 Å². The molecule has 0 saturated carbocycles. The number of aromatic nitrogens is 2. The monoisotopic (exact) mass is 332 g/mol. The number of thiazole rings is 1. The third-order valence-electron chi connectivity index (χ3n) is 2.64. The average molecular weight is 332 g/mol. The molecule has 9 heteroatoms. The molecule has 2 heterocycles. The van der Waals surface area contributed by atoms with Gasteiger partial charge in [-0.25, -0.2) is 4.98 Å². The van der Waals surface area contributed by atoms with E-state index in [1.54, 1.807) is 18.2 Å². The molecule has 3 amide bonds. The van der Waals surface area contributed by atoms with Crippen LogP contribution in [0.2, 0.25) is 0 Å². The molecule has 2 rings (SSSR count). The number of hydrogen-bond donors (Lipinski definition) is 3. The first-order valence-electron chi connectivity index (χ1n) is 6.65. The topological polar surface area (TPSA) is 127 Å². The molecule has 0 aliphatic carbocycles. The number of primary amides is 1. The Morgan fingerprint density at radius 1 is 1.26 bits per heavy atom. The maximum atomic E-state index is 11.7. The van der Waals surface area contributed by atoms with E-state index in [1.807, 2.05) is 0 Å². The molecule has 4 N–H and O–H groups in total. The van der Waals surface area contributed by atoms with Crippen LogP contribution in [0, 0.1) is 6.42 Å². The van der Waals surface area contributed by atoms with Crippen LogP contribution < -0.4 is 16.4 Å². The zero-order chi connectivity index (χ0) is 16.7. The van der Waals surface area contributed by atoms with Crippen molar-refractivity contribution in [1.29, 1.82) is 0 Å². The minimum absolute atomic E-state index is 0.105. The molecule has 23 heavy (non-hydrogen) atoms. The largest absolute Gasteiger partial charge is 0.364 e. The van der Waals surface area contributed by atoms with Crippen molar-refractivity contribution in [2.45, 2.75) is 6.42 Å². The lowest BCUT2D eigenvalue weighted by atomic mass is 10.3. The van der Waals surface area contributed by atoms with Gasteiger partial charge in [0.05, 0.1) is 6.42 Å². The minimum atomic E-state index is -0.650. The van der Waals surface area contributed by atoms with Crippen molar-refractivity contribution in [3.8, 4) is 0 Å². The third-order valence-corrected chi connectivity index (χ3v) is 3.40. The van der Waals surface area contributed by atoms with Crippen LogP contribution in [-0.4, -0.2) is 34.2 Å². The summed E-state index contributed by atoms with van der Waals surface area (Å²) in [6.07, 6.45) is 3.26. The van der Waals surface area contributed by atoms with Crippen molar-refractivity contribution in [3.63, 3.8) is 0 Å². The Kier molecular flexibility index (Phi) is 5.75. The van der Waals surface area contributed by atoms with Gasteiger partial charge in [0.15, 0.2) is 5.13 Å².